The summed E-state index contributed by atoms with van der Waals surface area (Å²) in [7, 11) is 0. The fraction of sp³-hybridized carbons (Fsp3) is 0.100. The third-order valence-corrected chi connectivity index (χ3v) is 4.36. The van der Waals surface area contributed by atoms with Gasteiger partial charge in [-0.2, -0.15) is 0 Å². The predicted octanol–water partition coefficient (Wildman–Crippen LogP) is 5.71. The topological polar surface area (TPSA) is 52.3 Å². The Morgan fingerprint density at radius 3 is 2.65 bits per heavy atom. The Balaban J connectivity index is 1.62. The first-order chi connectivity index (χ1) is 12.5. The van der Waals surface area contributed by atoms with E-state index in [0.717, 1.165) is 11.1 Å². The third-order valence-electron chi connectivity index (χ3n) is 3.62. The van der Waals surface area contributed by atoms with Crippen LogP contribution in [0.5, 0.6) is 0 Å². The molecule has 0 N–H and O–H groups in total. The van der Waals surface area contributed by atoms with Gasteiger partial charge < -0.3 is 9.15 Å². The Hall–Kier alpha value is -2.56. The number of aryl methyl sites for hydroxylation is 1. The Labute approximate surface area is 161 Å². The van der Waals surface area contributed by atoms with Crippen molar-refractivity contribution in [3.63, 3.8) is 0 Å². The van der Waals surface area contributed by atoms with E-state index >= 15 is 0 Å². The van der Waals surface area contributed by atoms with Gasteiger partial charge in [-0.3, -0.25) is 0 Å². The first-order valence-corrected chi connectivity index (χ1v) is 8.60. The zero-order chi connectivity index (χ0) is 18.5. The molecule has 4 nitrogen and oxygen atoms in total. The lowest BCUT2D eigenvalue weighted by molar-refractivity contribution is -0.139. The van der Waals surface area contributed by atoms with Gasteiger partial charge >= 0.3 is 5.97 Å². The molecule has 0 spiro atoms. The molecule has 0 saturated carbocycles. The largest absolute Gasteiger partial charge is 0.456 e. The van der Waals surface area contributed by atoms with Crippen LogP contribution in [0.1, 0.15) is 17.0 Å². The van der Waals surface area contributed by atoms with Crippen molar-refractivity contribution in [3.05, 3.63) is 81.7 Å². The lowest BCUT2D eigenvalue weighted by Crippen LogP contribution is -2.02. The smallest absolute Gasteiger partial charge is 0.331 e. The summed E-state index contributed by atoms with van der Waals surface area (Å²) in [5.41, 5.74) is 2.20. The summed E-state index contributed by atoms with van der Waals surface area (Å²) < 4.78 is 10.9. The molecule has 132 valence electrons. The van der Waals surface area contributed by atoms with E-state index in [-0.39, 0.29) is 6.61 Å². The zero-order valence-corrected chi connectivity index (χ0v) is 15.4. The summed E-state index contributed by atoms with van der Waals surface area (Å²) >= 11 is 11.8. The maximum Gasteiger partial charge on any atom is 0.331 e. The number of oxazole rings is 1. The molecule has 6 heteroatoms. The van der Waals surface area contributed by atoms with Crippen LogP contribution in [0.3, 0.4) is 0 Å². The molecule has 0 unspecified atom stereocenters. The lowest BCUT2D eigenvalue weighted by atomic mass is 10.2. The highest BCUT2D eigenvalue weighted by Crippen LogP contribution is 2.23. The second-order valence-electron chi connectivity index (χ2n) is 5.50. The molecule has 0 aliphatic rings. The number of halogens is 2. The van der Waals surface area contributed by atoms with Gasteiger partial charge in [-0.1, -0.05) is 47.5 Å². The SMILES string of the molecule is Cc1oc(-c2ccccc2)nc1COC(=O)/C=C/c1ccc(Cl)c(Cl)c1. The molecule has 3 aromatic rings. The van der Waals surface area contributed by atoms with E-state index in [4.69, 9.17) is 32.4 Å². The maximum atomic E-state index is 11.9. The summed E-state index contributed by atoms with van der Waals surface area (Å²) in [4.78, 5) is 16.3. The molecular formula is C20H15Cl2NO3. The number of aromatic nitrogens is 1. The summed E-state index contributed by atoms with van der Waals surface area (Å²) in [5, 5.41) is 0.885. The number of nitrogens with zero attached hydrogens (tertiary/aromatic N) is 1. The van der Waals surface area contributed by atoms with Gasteiger partial charge in [0.15, 0.2) is 0 Å². The van der Waals surface area contributed by atoms with Crippen molar-refractivity contribution in [1.82, 2.24) is 4.98 Å². The Morgan fingerprint density at radius 1 is 1.15 bits per heavy atom. The molecule has 3 rings (SSSR count). The van der Waals surface area contributed by atoms with Gasteiger partial charge in [-0.25, -0.2) is 9.78 Å². The van der Waals surface area contributed by atoms with E-state index < -0.39 is 5.97 Å². The second kappa shape index (κ2) is 8.21. The summed E-state index contributed by atoms with van der Waals surface area (Å²) in [6.45, 7) is 1.82. The number of carbonyl (C=O) groups excluding carboxylic acids is 1. The van der Waals surface area contributed by atoms with Crippen LogP contribution in [0.4, 0.5) is 0 Å². The van der Waals surface area contributed by atoms with Crippen LogP contribution >= 0.6 is 23.2 Å². The van der Waals surface area contributed by atoms with Crippen LogP contribution in [-0.2, 0) is 16.1 Å². The molecule has 0 bridgehead atoms. The van der Waals surface area contributed by atoms with Crippen LogP contribution < -0.4 is 0 Å². The van der Waals surface area contributed by atoms with Gasteiger partial charge in [0.1, 0.15) is 18.1 Å². The number of esters is 1. The standard InChI is InChI=1S/C20H15Cl2NO3/c1-13-18(23-20(26-13)15-5-3-2-4-6-15)12-25-19(24)10-8-14-7-9-16(21)17(22)11-14/h2-11H,12H2,1H3/b10-8+. The Kier molecular flexibility index (Phi) is 5.76. The molecule has 0 radical (unpaired) electrons. The van der Waals surface area contributed by atoms with E-state index in [1.165, 1.54) is 6.08 Å². The highest BCUT2D eigenvalue weighted by molar-refractivity contribution is 6.42. The molecule has 0 aliphatic carbocycles. The number of ether oxygens (including phenoxy) is 1. The van der Waals surface area contributed by atoms with Crippen LogP contribution in [0.15, 0.2) is 59.0 Å². The fourth-order valence-electron chi connectivity index (χ4n) is 2.23. The number of carbonyl (C=O) groups is 1. The molecule has 1 heterocycles. The molecule has 0 aliphatic heterocycles. The van der Waals surface area contributed by atoms with E-state index in [1.807, 2.05) is 30.3 Å². The molecule has 1 aromatic heterocycles. The fourth-order valence-corrected chi connectivity index (χ4v) is 2.54. The Morgan fingerprint density at radius 2 is 1.92 bits per heavy atom. The number of hydrogen-bond donors (Lipinski definition) is 0. The van der Waals surface area contributed by atoms with Crippen molar-refractivity contribution in [2.45, 2.75) is 13.5 Å². The average molecular weight is 388 g/mol. The Bertz CT molecular complexity index is 949. The number of benzene rings is 2. The average Bonchev–Trinajstić information content (AvgIpc) is 3.02. The molecule has 0 fully saturated rings. The summed E-state index contributed by atoms with van der Waals surface area (Å²) in [6.07, 6.45) is 2.93. The van der Waals surface area contributed by atoms with Gasteiger partial charge in [-0.05, 0) is 42.8 Å². The number of hydrogen-bond acceptors (Lipinski definition) is 4. The third kappa shape index (κ3) is 4.54. The van der Waals surface area contributed by atoms with Crippen molar-refractivity contribution in [2.24, 2.45) is 0 Å². The van der Waals surface area contributed by atoms with Crippen LogP contribution in [0, 0.1) is 6.92 Å². The van der Waals surface area contributed by atoms with Gasteiger partial charge in [0, 0.05) is 11.6 Å². The highest BCUT2D eigenvalue weighted by Gasteiger charge is 2.12. The molecule has 0 atom stereocenters. The van der Waals surface area contributed by atoms with Crippen LogP contribution in [0.25, 0.3) is 17.5 Å². The van der Waals surface area contributed by atoms with Crippen molar-refractivity contribution in [1.29, 1.82) is 0 Å². The first-order valence-electron chi connectivity index (χ1n) is 7.84. The quantitative estimate of drug-likeness (QED) is 0.415. The minimum atomic E-state index is -0.486. The van der Waals surface area contributed by atoms with E-state index in [2.05, 4.69) is 4.98 Å². The minimum Gasteiger partial charge on any atom is -0.456 e. The first kappa shape index (κ1) is 18.2. The van der Waals surface area contributed by atoms with E-state index in [0.29, 0.717) is 27.4 Å². The van der Waals surface area contributed by atoms with Crippen molar-refractivity contribution in [2.75, 3.05) is 0 Å². The predicted molar refractivity (Wildman–Crippen MR) is 102 cm³/mol. The molecule has 0 amide bonds. The van der Waals surface area contributed by atoms with Gasteiger partial charge in [0.05, 0.1) is 10.0 Å². The van der Waals surface area contributed by atoms with Crippen LogP contribution in [0.2, 0.25) is 10.0 Å². The minimum absolute atomic E-state index is 0.0344. The van der Waals surface area contributed by atoms with Gasteiger partial charge in [0.25, 0.3) is 0 Å². The zero-order valence-electron chi connectivity index (χ0n) is 13.9. The second-order valence-corrected chi connectivity index (χ2v) is 6.32. The number of rotatable bonds is 5. The molecule has 26 heavy (non-hydrogen) atoms. The van der Waals surface area contributed by atoms with Crippen molar-refractivity contribution in [3.8, 4) is 11.5 Å². The lowest BCUT2D eigenvalue weighted by Gasteiger charge is -2.00. The normalized spacial score (nSPS) is 11.0. The van der Waals surface area contributed by atoms with Gasteiger partial charge in [-0.15, -0.1) is 0 Å². The summed E-state index contributed by atoms with van der Waals surface area (Å²) in [5.74, 6) is 0.630. The van der Waals surface area contributed by atoms with Gasteiger partial charge in [0.2, 0.25) is 5.89 Å². The monoisotopic (exact) mass is 387 g/mol. The molecule has 2 aromatic carbocycles. The maximum absolute atomic E-state index is 11.9. The summed E-state index contributed by atoms with van der Waals surface area (Å²) in [6, 6.07) is 14.6. The molecule has 0 saturated heterocycles. The van der Waals surface area contributed by atoms with Crippen molar-refractivity contribution >= 4 is 35.2 Å². The highest BCUT2D eigenvalue weighted by atomic mass is 35.5. The molecular weight excluding hydrogens is 373 g/mol. The van der Waals surface area contributed by atoms with Crippen molar-refractivity contribution < 1.29 is 13.9 Å². The van der Waals surface area contributed by atoms with E-state index in [1.54, 1.807) is 31.2 Å². The van der Waals surface area contributed by atoms with Crippen LogP contribution in [-0.4, -0.2) is 11.0 Å². The van der Waals surface area contributed by atoms with E-state index in [9.17, 15) is 4.79 Å².